The molecule has 2 aromatic rings. The molecular formula is C18H17N3O3. The van der Waals surface area contributed by atoms with E-state index in [4.69, 9.17) is 9.68 Å². The monoisotopic (exact) mass is 323 g/mol. The lowest BCUT2D eigenvalue weighted by atomic mass is 9.95. The Bertz CT molecular complexity index is 769. The minimum atomic E-state index is -0.169. The molecule has 1 N–H and O–H groups in total. The maximum absolute atomic E-state index is 12.4. The van der Waals surface area contributed by atoms with Crippen LogP contribution in [-0.4, -0.2) is 29.8 Å². The zero-order chi connectivity index (χ0) is 16.9. The largest absolute Gasteiger partial charge is 0.459 e. The number of carbonyl (C=O) groups excluding carboxylic acids is 2. The number of likely N-dealkylation sites (tertiary alicyclic amines) is 1. The Hall–Kier alpha value is -3.07. The van der Waals surface area contributed by atoms with Crippen molar-refractivity contribution in [3.63, 3.8) is 0 Å². The third-order valence-corrected chi connectivity index (χ3v) is 4.19. The van der Waals surface area contributed by atoms with Crippen molar-refractivity contribution < 1.29 is 14.0 Å². The summed E-state index contributed by atoms with van der Waals surface area (Å²) in [7, 11) is 0. The summed E-state index contributed by atoms with van der Waals surface area (Å²) in [5, 5.41) is 11.9. The lowest BCUT2D eigenvalue weighted by Gasteiger charge is -2.30. The van der Waals surface area contributed by atoms with E-state index in [9.17, 15) is 9.59 Å². The van der Waals surface area contributed by atoms with E-state index in [1.165, 1.54) is 6.26 Å². The number of hydrogen-bond acceptors (Lipinski definition) is 4. The zero-order valence-electron chi connectivity index (χ0n) is 13.1. The molecule has 1 aliphatic heterocycles. The Kier molecular flexibility index (Phi) is 4.62. The molecule has 6 nitrogen and oxygen atoms in total. The van der Waals surface area contributed by atoms with Crippen LogP contribution in [0.25, 0.3) is 0 Å². The predicted octanol–water partition coefficient (Wildman–Crippen LogP) is 2.64. The fourth-order valence-corrected chi connectivity index (χ4v) is 2.83. The highest BCUT2D eigenvalue weighted by atomic mass is 16.3. The van der Waals surface area contributed by atoms with Gasteiger partial charge in [0, 0.05) is 19.0 Å². The summed E-state index contributed by atoms with van der Waals surface area (Å²) in [4.78, 5) is 26.3. The van der Waals surface area contributed by atoms with E-state index in [0.29, 0.717) is 42.9 Å². The Labute approximate surface area is 139 Å². The van der Waals surface area contributed by atoms with Gasteiger partial charge in [-0.25, -0.2) is 0 Å². The highest BCUT2D eigenvalue weighted by molar-refractivity contribution is 5.94. The van der Waals surface area contributed by atoms with Crippen LogP contribution in [0.3, 0.4) is 0 Å². The highest BCUT2D eigenvalue weighted by Crippen LogP contribution is 2.22. The molecule has 1 fully saturated rings. The molecule has 1 aromatic carbocycles. The number of hydrogen-bond donors (Lipinski definition) is 1. The summed E-state index contributed by atoms with van der Waals surface area (Å²) in [5.41, 5.74) is 0.968. The Morgan fingerprint density at radius 2 is 1.92 bits per heavy atom. The number of piperidine rings is 1. The highest BCUT2D eigenvalue weighted by Gasteiger charge is 2.29. The molecule has 24 heavy (non-hydrogen) atoms. The fourth-order valence-electron chi connectivity index (χ4n) is 2.83. The van der Waals surface area contributed by atoms with Crippen LogP contribution in [0, 0.1) is 17.2 Å². The van der Waals surface area contributed by atoms with Gasteiger partial charge in [0.2, 0.25) is 5.91 Å². The van der Waals surface area contributed by atoms with Gasteiger partial charge < -0.3 is 14.6 Å². The molecule has 0 unspecified atom stereocenters. The van der Waals surface area contributed by atoms with Gasteiger partial charge in [0.15, 0.2) is 5.76 Å². The summed E-state index contributed by atoms with van der Waals surface area (Å²) in [6.07, 6.45) is 2.65. The van der Waals surface area contributed by atoms with Crippen molar-refractivity contribution in [3.8, 4) is 6.07 Å². The molecule has 6 heteroatoms. The SMILES string of the molecule is N#Cc1ccccc1NC(=O)C1CCN(C(=O)c2ccco2)CC1. The topological polar surface area (TPSA) is 86.3 Å². The van der Waals surface area contributed by atoms with E-state index in [1.807, 2.05) is 0 Å². The van der Waals surface area contributed by atoms with E-state index in [2.05, 4.69) is 11.4 Å². The second-order valence-corrected chi connectivity index (χ2v) is 5.69. The van der Waals surface area contributed by atoms with Gasteiger partial charge >= 0.3 is 0 Å². The van der Waals surface area contributed by atoms with E-state index < -0.39 is 0 Å². The summed E-state index contributed by atoms with van der Waals surface area (Å²) >= 11 is 0. The number of amides is 2. The number of benzene rings is 1. The molecular weight excluding hydrogens is 306 g/mol. The van der Waals surface area contributed by atoms with Crippen LogP contribution in [0.1, 0.15) is 29.0 Å². The second kappa shape index (κ2) is 7.01. The molecule has 1 saturated heterocycles. The van der Waals surface area contributed by atoms with Crippen molar-refractivity contribution in [1.82, 2.24) is 4.90 Å². The van der Waals surface area contributed by atoms with Gasteiger partial charge in [-0.05, 0) is 37.1 Å². The van der Waals surface area contributed by atoms with Gasteiger partial charge in [-0.15, -0.1) is 0 Å². The van der Waals surface area contributed by atoms with E-state index in [0.717, 1.165) is 0 Å². The third kappa shape index (κ3) is 3.30. The number of carbonyl (C=O) groups is 2. The first-order valence-electron chi connectivity index (χ1n) is 7.82. The first kappa shape index (κ1) is 15.8. The number of nitrogens with one attached hydrogen (secondary N) is 1. The molecule has 0 radical (unpaired) electrons. The van der Waals surface area contributed by atoms with Crippen LogP contribution in [0.2, 0.25) is 0 Å². The summed E-state index contributed by atoms with van der Waals surface area (Å²) in [5.74, 6) is -0.102. The standard InChI is InChI=1S/C18H17N3O3/c19-12-14-4-1-2-5-15(14)20-17(22)13-7-9-21(10-8-13)18(23)16-6-3-11-24-16/h1-6,11,13H,7-10H2,(H,20,22). The summed E-state index contributed by atoms with van der Waals surface area (Å²) < 4.78 is 5.13. The van der Waals surface area contributed by atoms with Crippen molar-refractivity contribution in [1.29, 1.82) is 5.26 Å². The maximum Gasteiger partial charge on any atom is 0.289 e. The van der Waals surface area contributed by atoms with Crippen molar-refractivity contribution >= 4 is 17.5 Å². The van der Waals surface area contributed by atoms with E-state index in [1.54, 1.807) is 41.3 Å². The fraction of sp³-hybridized carbons (Fsp3) is 0.278. The Balaban J connectivity index is 1.57. The van der Waals surface area contributed by atoms with Gasteiger partial charge in [0.1, 0.15) is 6.07 Å². The van der Waals surface area contributed by atoms with Gasteiger partial charge in [-0.1, -0.05) is 12.1 Å². The average molecular weight is 323 g/mol. The van der Waals surface area contributed by atoms with Crippen molar-refractivity contribution in [2.24, 2.45) is 5.92 Å². The van der Waals surface area contributed by atoms with Crippen molar-refractivity contribution in [2.75, 3.05) is 18.4 Å². The Morgan fingerprint density at radius 1 is 1.17 bits per heavy atom. The Morgan fingerprint density at radius 3 is 2.58 bits per heavy atom. The number of furan rings is 1. The molecule has 0 aliphatic carbocycles. The molecule has 3 rings (SSSR count). The number of rotatable bonds is 3. The normalized spacial score (nSPS) is 14.9. The molecule has 0 saturated carbocycles. The van der Waals surface area contributed by atoms with Crippen LogP contribution in [0.5, 0.6) is 0 Å². The third-order valence-electron chi connectivity index (χ3n) is 4.19. The maximum atomic E-state index is 12.4. The quantitative estimate of drug-likeness (QED) is 0.940. The van der Waals surface area contributed by atoms with Crippen molar-refractivity contribution in [2.45, 2.75) is 12.8 Å². The lowest BCUT2D eigenvalue weighted by Crippen LogP contribution is -2.41. The molecule has 122 valence electrons. The lowest BCUT2D eigenvalue weighted by molar-refractivity contribution is -0.121. The summed E-state index contributed by atoms with van der Waals surface area (Å²) in [6.45, 7) is 1.02. The number of nitrogens with zero attached hydrogens (tertiary/aromatic N) is 2. The van der Waals surface area contributed by atoms with Crippen LogP contribution < -0.4 is 5.32 Å². The number of para-hydroxylation sites is 1. The van der Waals surface area contributed by atoms with Gasteiger partial charge in [0.25, 0.3) is 5.91 Å². The first-order chi connectivity index (χ1) is 11.7. The molecule has 2 amide bonds. The van der Waals surface area contributed by atoms with Crippen LogP contribution in [-0.2, 0) is 4.79 Å². The second-order valence-electron chi connectivity index (χ2n) is 5.69. The van der Waals surface area contributed by atoms with Crippen LogP contribution in [0.15, 0.2) is 47.1 Å². The number of nitriles is 1. The van der Waals surface area contributed by atoms with Gasteiger partial charge in [-0.2, -0.15) is 5.26 Å². The van der Waals surface area contributed by atoms with Gasteiger partial charge in [-0.3, -0.25) is 9.59 Å². The molecule has 0 spiro atoms. The van der Waals surface area contributed by atoms with Gasteiger partial charge in [0.05, 0.1) is 17.5 Å². The molecule has 0 bridgehead atoms. The van der Waals surface area contributed by atoms with Crippen LogP contribution in [0.4, 0.5) is 5.69 Å². The molecule has 2 heterocycles. The average Bonchev–Trinajstić information content (AvgIpc) is 3.16. The molecule has 1 aromatic heterocycles. The minimum absolute atomic E-state index is 0.109. The van der Waals surface area contributed by atoms with Crippen LogP contribution >= 0.6 is 0 Å². The summed E-state index contributed by atoms with van der Waals surface area (Å²) in [6, 6.07) is 12.3. The first-order valence-corrected chi connectivity index (χ1v) is 7.82. The minimum Gasteiger partial charge on any atom is -0.459 e. The zero-order valence-corrected chi connectivity index (χ0v) is 13.1. The van der Waals surface area contributed by atoms with Crippen molar-refractivity contribution in [3.05, 3.63) is 54.0 Å². The molecule has 0 atom stereocenters. The van der Waals surface area contributed by atoms with E-state index >= 15 is 0 Å². The number of anilines is 1. The molecule has 1 aliphatic rings. The van der Waals surface area contributed by atoms with E-state index in [-0.39, 0.29) is 17.7 Å². The smallest absolute Gasteiger partial charge is 0.289 e. The predicted molar refractivity (Wildman–Crippen MR) is 87.1 cm³/mol.